The highest BCUT2D eigenvalue weighted by atomic mass is 35.5. The Labute approximate surface area is 119 Å². The van der Waals surface area contributed by atoms with E-state index in [2.05, 4.69) is 35.4 Å². The molecule has 0 fully saturated rings. The molecule has 0 amide bonds. The molecule has 1 unspecified atom stereocenters. The second-order valence-electron chi connectivity index (χ2n) is 4.42. The van der Waals surface area contributed by atoms with Crippen LogP contribution in [0.5, 0.6) is 0 Å². The molecule has 18 heavy (non-hydrogen) atoms. The lowest BCUT2D eigenvalue weighted by atomic mass is 10.2. The van der Waals surface area contributed by atoms with Crippen molar-refractivity contribution in [3.63, 3.8) is 0 Å². The van der Waals surface area contributed by atoms with Crippen LogP contribution in [0.25, 0.3) is 0 Å². The third-order valence-corrected chi connectivity index (χ3v) is 4.05. The molecule has 1 N–H and O–H groups in total. The summed E-state index contributed by atoms with van der Waals surface area (Å²) in [6.45, 7) is 3.02. The number of nitrogens with one attached hydrogen (secondary N) is 1. The number of hydrogen-bond donors (Lipinski definition) is 1. The summed E-state index contributed by atoms with van der Waals surface area (Å²) in [5.41, 5.74) is 0.932. The zero-order chi connectivity index (χ0) is 13.5. The Morgan fingerprint density at radius 1 is 1.50 bits per heavy atom. The molecule has 0 aliphatic heterocycles. The van der Waals surface area contributed by atoms with Gasteiger partial charge in [0.2, 0.25) is 0 Å². The standard InChI is InChI=1S/C13H22ClN3S/c1-10(7-8-18-4)17(3)9-12-11(14)5-6-13(15-2)16-12/h5-6,10H,7-9H2,1-4H3,(H,15,16). The summed E-state index contributed by atoms with van der Waals surface area (Å²) in [7, 11) is 3.99. The summed E-state index contributed by atoms with van der Waals surface area (Å²) >= 11 is 8.07. The Balaban J connectivity index is 2.65. The van der Waals surface area contributed by atoms with Crippen LogP contribution in [0.15, 0.2) is 12.1 Å². The Morgan fingerprint density at radius 3 is 2.83 bits per heavy atom. The first-order valence-electron chi connectivity index (χ1n) is 6.10. The van der Waals surface area contributed by atoms with Gasteiger partial charge in [-0.25, -0.2) is 4.98 Å². The lowest BCUT2D eigenvalue weighted by molar-refractivity contribution is 0.242. The summed E-state index contributed by atoms with van der Waals surface area (Å²) in [5, 5.41) is 3.77. The molecule has 0 radical (unpaired) electrons. The number of rotatable bonds is 7. The number of nitrogens with zero attached hydrogens (tertiary/aromatic N) is 2. The lowest BCUT2D eigenvalue weighted by Crippen LogP contribution is -2.29. The maximum Gasteiger partial charge on any atom is 0.126 e. The van der Waals surface area contributed by atoms with Crippen molar-refractivity contribution < 1.29 is 0 Å². The molecule has 0 aliphatic carbocycles. The van der Waals surface area contributed by atoms with E-state index in [4.69, 9.17) is 11.6 Å². The van der Waals surface area contributed by atoms with Gasteiger partial charge in [-0.1, -0.05) is 11.6 Å². The van der Waals surface area contributed by atoms with E-state index >= 15 is 0 Å². The third-order valence-electron chi connectivity index (χ3n) is 3.07. The quantitative estimate of drug-likeness (QED) is 0.832. The van der Waals surface area contributed by atoms with Crippen LogP contribution in [0.2, 0.25) is 5.02 Å². The van der Waals surface area contributed by atoms with Crippen molar-refractivity contribution >= 4 is 29.2 Å². The van der Waals surface area contributed by atoms with Crippen molar-refractivity contribution in [1.82, 2.24) is 9.88 Å². The molecule has 1 atom stereocenters. The molecule has 0 saturated heterocycles. The van der Waals surface area contributed by atoms with Gasteiger partial charge < -0.3 is 5.32 Å². The number of hydrogen-bond acceptors (Lipinski definition) is 4. The van der Waals surface area contributed by atoms with E-state index in [1.807, 2.05) is 30.9 Å². The fraction of sp³-hybridized carbons (Fsp3) is 0.615. The van der Waals surface area contributed by atoms with Gasteiger partial charge in [-0.2, -0.15) is 11.8 Å². The van der Waals surface area contributed by atoms with Crippen molar-refractivity contribution in [3.05, 3.63) is 22.8 Å². The first kappa shape index (κ1) is 15.6. The van der Waals surface area contributed by atoms with Gasteiger partial charge in [0, 0.05) is 19.6 Å². The molecule has 0 bridgehead atoms. The highest BCUT2D eigenvalue weighted by molar-refractivity contribution is 7.98. The molecular weight excluding hydrogens is 266 g/mol. The maximum atomic E-state index is 6.19. The zero-order valence-corrected chi connectivity index (χ0v) is 13.1. The minimum Gasteiger partial charge on any atom is -0.373 e. The number of halogens is 1. The number of pyridine rings is 1. The largest absolute Gasteiger partial charge is 0.373 e. The van der Waals surface area contributed by atoms with Gasteiger partial charge >= 0.3 is 0 Å². The lowest BCUT2D eigenvalue weighted by Gasteiger charge is -2.24. The van der Waals surface area contributed by atoms with E-state index in [9.17, 15) is 0 Å². The monoisotopic (exact) mass is 287 g/mol. The summed E-state index contributed by atoms with van der Waals surface area (Å²) < 4.78 is 0. The smallest absolute Gasteiger partial charge is 0.126 e. The van der Waals surface area contributed by atoms with E-state index in [1.54, 1.807) is 0 Å². The molecule has 1 rings (SSSR count). The van der Waals surface area contributed by atoms with E-state index in [0.717, 1.165) is 23.1 Å². The van der Waals surface area contributed by atoms with E-state index in [0.29, 0.717) is 6.04 Å². The SMILES string of the molecule is CNc1ccc(Cl)c(CN(C)C(C)CCSC)n1. The van der Waals surface area contributed by atoms with Crippen LogP contribution >= 0.6 is 23.4 Å². The average molecular weight is 288 g/mol. The molecular formula is C13H22ClN3S. The molecule has 3 nitrogen and oxygen atoms in total. The summed E-state index contributed by atoms with van der Waals surface area (Å²) in [6.07, 6.45) is 3.32. The Kier molecular flexibility index (Phi) is 6.82. The van der Waals surface area contributed by atoms with Crippen LogP contribution in [-0.2, 0) is 6.54 Å². The minimum atomic E-state index is 0.536. The molecule has 0 aliphatic rings. The van der Waals surface area contributed by atoms with E-state index in [1.165, 1.54) is 12.2 Å². The third kappa shape index (κ3) is 4.67. The van der Waals surface area contributed by atoms with E-state index < -0.39 is 0 Å². The summed E-state index contributed by atoms with van der Waals surface area (Å²) in [4.78, 5) is 6.80. The van der Waals surface area contributed by atoms with Gasteiger partial charge in [0.05, 0.1) is 10.7 Å². The van der Waals surface area contributed by atoms with Crippen LogP contribution in [0, 0.1) is 0 Å². The van der Waals surface area contributed by atoms with Gasteiger partial charge in [-0.3, -0.25) is 4.90 Å². The second kappa shape index (κ2) is 7.87. The molecule has 0 saturated carbocycles. The summed E-state index contributed by atoms with van der Waals surface area (Å²) in [6, 6.07) is 4.33. The van der Waals surface area contributed by atoms with Crippen LogP contribution in [-0.4, -0.2) is 42.0 Å². The van der Waals surface area contributed by atoms with Crippen molar-refractivity contribution in [2.24, 2.45) is 0 Å². The van der Waals surface area contributed by atoms with Crippen molar-refractivity contribution in [3.8, 4) is 0 Å². The predicted octanol–water partition coefficient (Wildman–Crippen LogP) is 3.35. The molecule has 0 spiro atoms. The zero-order valence-electron chi connectivity index (χ0n) is 11.5. The molecule has 5 heteroatoms. The number of anilines is 1. The van der Waals surface area contributed by atoms with Crippen molar-refractivity contribution in [2.75, 3.05) is 31.4 Å². The van der Waals surface area contributed by atoms with Crippen molar-refractivity contribution in [2.45, 2.75) is 25.9 Å². The fourth-order valence-electron chi connectivity index (χ4n) is 1.64. The molecule has 1 aromatic heterocycles. The Bertz CT molecular complexity index is 373. The van der Waals surface area contributed by atoms with Crippen LogP contribution < -0.4 is 5.32 Å². The normalized spacial score (nSPS) is 12.8. The highest BCUT2D eigenvalue weighted by Gasteiger charge is 2.12. The topological polar surface area (TPSA) is 28.2 Å². The van der Waals surface area contributed by atoms with Gasteiger partial charge in [-0.15, -0.1) is 0 Å². The molecule has 102 valence electrons. The van der Waals surface area contributed by atoms with Gasteiger partial charge in [0.25, 0.3) is 0 Å². The van der Waals surface area contributed by atoms with Gasteiger partial charge in [0.1, 0.15) is 5.82 Å². The summed E-state index contributed by atoms with van der Waals surface area (Å²) in [5.74, 6) is 2.04. The second-order valence-corrected chi connectivity index (χ2v) is 5.81. The Morgan fingerprint density at radius 2 is 2.22 bits per heavy atom. The predicted molar refractivity (Wildman–Crippen MR) is 82.7 cm³/mol. The van der Waals surface area contributed by atoms with Crippen LogP contribution in [0.1, 0.15) is 19.0 Å². The number of thioether (sulfide) groups is 1. The van der Waals surface area contributed by atoms with Gasteiger partial charge in [-0.05, 0) is 44.5 Å². The minimum absolute atomic E-state index is 0.536. The first-order valence-corrected chi connectivity index (χ1v) is 7.88. The van der Waals surface area contributed by atoms with Crippen molar-refractivity contribution in [1.29, 1.82) is 0 Å². The Hall–Kier alpha value is -0.450. The molecule has 1 aromatic rings. The van der Waals surface area contributed by atoms with Gasteiger partial charge in [0.15, 0.2) is 0 Å². The maximum absolute atomic E-state index is 6.19. The van der Waals surface area contributed by atoms with Crippen LogP contribution in [0.3, 0.4) is 0 Å². The average Bonchev–Trinajstić information content (AvgIpc) is 2.38. The molecule has 0 aromatic carbocycles. The first-order chi connectivity index (χ1) is 8.58. The highest BCUT2D eigenvalue weighted by Crippen LogP contribution is 2.19. The fourth-order valence-corrected chi connectivity index (χ4v) is 2.38. The molecule has 1 heterocycles. The van der Waals surface area contributed by atoms with E-state index in [-0.39, 0.29) is 0 Å². The van der Waals surface area contributed by atoms with Crippen LogP contribution in [0.4, 0.5) is 5.82 Å². The number of aromatic nitrogens is 1.